The van der Waals surface area contributed by atoms with Gasteiger partial charge in [-0.2, -0.15) is 11.3 Å². The van der Waals surface area contributed by atoms with Crippen LogP contribution in [0.3, 0.4) is 0 Å². The van der Waals surface area contributed by atoms with Gasteiger partial charge in [0, 0.05) is 6.54 Å². The molecule has 0 bridgehead atoms. The molecule has 2 unspecified atom stereocenters. The largest absolute Gasteiger partial charge is 0.322 e. The molecule has 1 saturated heterocycles. The van der Waals surface area contributed by atoms with Crippen LogP contribution >= 0.6 is 11.3 Å². The average Bonchev–Trinajstić information content (AvgIpc) is 2.97. The van der Waals surface area contributed by atoms with Crippen molar-refractivity contribution in [3.63, 3.8) is 0 Å². The molecule has 2 atom stereocenters. The Morgan fingerprint density at radius 3 is 2.85 bits per heavy atom. The second-order valence-corrected chi connectivity index (χ2v) is 7.35. The Morgan fingerprint density at radius 2 is 2.25 bits per heavy atom. The number of nitrogens with one attached hydrogen (secondary N) is 1. The first-order valence-corrected chi connectivity index (χ1v) is 8.68. The molecule has 4 heteroatoms. The average molecular weight is 292 g/mol. The van der Waals surface area contributed by atoms with Crippen LogP contribution in [0.5, 0.6) is 0 Å². The number of thiophene rings is 1. The van der Waals surface area contributed by atoms with Crippen molar-refractivity contribution in [2.45, 2.75) is 51.7 Å². The Hall–Kier alpha value is -0.870. The van der Waals surface area contributed by atoms with Crippen LogP contribution in [0.2, 0.25) is 0 Å². The van der Waals surface area contributed by atoms with E-state index in [1.807, 2.05) is 0 Å². The van der Waals surface area contributed by atoms with Gasteiger partial charge < -0.3 is 4.90 Å². The third-order valence-electron chi connectivity index (χ3n) is 4.29. The number of amides is 1. The normalized spacial score (nSPS) is 26.8. The van der Waals surface area contributed by atoms with Crippen molar-refractivity contribution in [3.05, 3.63) is 22.4 Å². The highest BCUT2D eigenvalue weighted by Crippen LogP contribution is 2.35. The number of nitrogens with zero attached hydrogens (tertiary/aromatic N) is 1. The molecule has 0 radical (unpaired) electrons. The zero-order valence-corrected chi connectivity index (χ0v) is 13.2. The minimum Gasteiger partial charge on any atom is -0.322 e. The van der Waals surface area contributed by atoms with Crippen molar-refractivity contribution in [1.29, 1.82) is 0 Å². The summed E-state index contributed by atoms with van der Waals surface area (Å²) in [5.74, 6) is 1.72. The highest BCUT2D eigenvalue weighted by Gasteiger charge is 2.40. The summed E-state index contributed by atoms with van der Waals surface area (Å²) in [6.07, 6.45) is 4.90. The lowest BCUT2D eigenvalue weighted by Crippen LogP contribution is -2.32. The molecule has 0 spiro atoms. The van der Waals surface area contributed by atoms with Gasteiger partial charge in [0.1, 0.15) is 6.17 Å². The number of hydrogen-bond acceptors (Lipinski definition) is 3. The van der Waals surface area contributed by atoms with Crippen LogP contribution in [0.1, 0.15) is 51.3 Å². The van der Waals surface area contributed by atoms with E-state index in [1.54, 1.807) is 11.3 Å². The molecule has 2 fully saturated rings. The standard InChI is InChI=1S/C16H24N2OS/c1-11(2)9-14-16(19)18(7-5-12-3-4-12)15(17-14)13-6-8-20-10-13/h6,8,10-12,14-15,17H,3-5,7,9H2,1-2H3. The maximum Gasteiger partial charge on any atom is 0.241 e. The molecule has 110 valence electrons. The molecule has 20 heavy (non-hydrogen) atoms. The maximum atomic E-state index is 12.6. The molecule has 1 aromatic heterocycles. The molecular formula is C16H24N2OS. The van der Waals surface area contributed by atoms with E-state index >= 15 is 0 Å². The molecule has 1 amide bonds. The monoisotopic (exact) mass is 292 g/mol. The van der Waals surface area contributed by atoms with Crippen molar-refractivity contribution in [2.75, 3.05) is 6.54 Å². The third kappa shape index (κ3) is 3.07. The summed E-state index contributed by atoms with van der Waals surface area (Å²) in [5, 5.41) is 7.80. The lowest BCUT2D eigenvalue weighted by atomic mass is 10.0. The van der Waals surface area contributed by atoms with Gasteiger partial charge in [0.05, 0.1) is 6.04 Å². The zero-order chi connectivity index (χ0) is 14.1. The van der Waals surface area contributed by atoms with Gasteiger partial charge >= 0.3 is 0 Å². The first-order valence-electron chi connectivity index (χ1n) is 7.73. The van der Waals surface area contributed by atoms with Gasteiger partial charge in [-0.15, -0.1) is 0 Å². The van der Waals surface area contributed by atoms with E-state index in [2.05, 4.69) is 40.9 Å². The molecule has 1 aliphatic heterocycles. The highest BCUT2D eigenvalue weighted by molar-refractivity contribution is 7.07. The summed E-state index contributed by atoms with van der Waals surface area (Å²) in [6, 6.07) is 2.14. The Kier molecular flexibility index (Phi) is 4.13. The van der Waals surface area contributed by atoms with Crippen LogP contribution in [-0.2, 0) is 4.79 Å². The van der Waals surface area contributed by atoms with Gasteiger partial charge in [-0.25, -0.2) is 0 Å². The third-order valence-corrected chi connectivity index (χ3v) is 4.99. The minimum atomic E-state index is -0.000830. The van der Waals surface area contributed by atoms with Crippen LogP contribution < -0.4 is 5.32 Å². The topological polar surface area (TPSA) is 32.3 Å². The minimum absolute atomic E-state index is 0.000830. The fourth-order valence-corrected chi connectivity index (χ4v) is 3.67. The second kappa shape index (κ2) is 5.86. The van der Waals surface area contributed by atoms with Crippen molar-refractivity contribution >= 4 is 17.2 Å². The zero-order valence-electron chi connectivity index (χ0n) is 12.3. The number of hydrogen-bond donors (Lipinski definition) is 1. The van der Waals surface area contributed by atoms with Gasteiger partial charge in [0.25, 0.3) is 0 Å². The summed E-state index contributed by atoms with van der Waals surface area (Å²) < 4.78 is 0. The summed E-state index contributed by atoms with van der Waals surface area (Å²) in [4.78, 5) is 14.7. The lowest BCUT2D eigenvalue weighted by Gasteiger charge is -2.23. The summed E-state index contributed by atoms with van der Waals surface area (Å²) in [7, 11) is 0. The summed E-state index contributed by atoms with van der Waals surface area (Å²) in [5.41, 5.74) is 1.24. The van der Waals surface area contributed by atoms with Crippen molar-refractivity contribution in [2.24, 2.45) is 11.8 Å². The van der Waals surface area contributed by atoms with E-state index in [4.69, 9.17) is 0 Å². The van der Waals surface area contributed by atoms with Crippen molar-refractivity contribution < 1.29 is 4.79 Å². The predicted octanol–water partition coefficient (Wildman–Crippen LogP) is 3.39. The number of carbonyl (C=O) groups is 1. The Labute approximate surface area is 125 Å². The molecule has 3 nitrogen and oxygen atoms in total. The fraction of sp³-hybridized carbons (Fsp3) is 0.688. The van der Waals surface area contributed by atoms with E-state index < -0.39 is 0 Å². The molecule has 0 aromatic carbocycles. The highest BCUT2D eigenvalue weighted by atomic mass is 32.1. The first-order chi connectivity index (χ1) is 9.65. The SMILES string of the molecule is CC(C)CC1NC(c2ccsc2)N(CCC2CC2)C1=O. The molecule has 1 N–H and O–H groups in total. The Morgan fingerprint density at radius 1 is 1.45 bits per heavy atom. The van der Waals surface area contributed by atoms with Crippen LogP contribution in [-0.4, -0.2) is 23.4 Å². The van der Waals surface area contributed by atoms with Crippen molar-refractivity contribution in [3.8, 4) is 0 Å². The van der Waals surface area contributed by atoms with Gasteiger partial charge in [0.2, 0.25) is 5.91 Å². The molecule has 1 saturated carbocycles. The van der Waals surface area contributed by atoms with E-state index in [0.29, 0.717) is 11.8 Å². The van der Waals surface area contributed by atoms with Crippen LogP contribution in [0.4, 0.5) is 0 Å². The van der Waals surface area contributed by atoms with Gasteiger partial charge in [-0.3, -0.25) is 10.1 Å². The number of carbonyl (C=O) groups excluding carboxylic acids is 1. The summed E-state index contributed by atoms with van der Waals surface area (Å²) in [6.45, 7) is 5.27. The van der Waals surface area contributed by atoms with E-state index in [0.717, 1.165) is 18.9 Å². The fourth-order valence-electron chi connectivity index (χ4n) is 2.99. The van der Waals surface area contributed by atoms with Crippen LogP contribution in [0.25, 0.3) is 0 Å². The lowest BCUT2D eigenvalue weighted by molar-refractivity contribution is -0.130. The predicted molar refractivity (Wildman–Crippen MR) is 82.5 cm³/mol. The van der Waals surface area contributed by atoms with E-state index in [9.17, 15) is 4.79 Å². The molecule has 3 rings (SSSR count). The number of rotatable bonds is 6. The first kappa shape index (κ1) is 14.1. The van der Waals surface area contributed by atoms with Crippen molar-refractivity contribution in [1.82, 2.24) is 10.2 Å². The van der Waals surface area contributed by atoms with Crippen LogP contribution in [0.15, 0.2) is 16.8 Å². The summed E-state index contributed by atoms with van der Waals surface area (Å²) >= 11 is 1.70. The molecule has 1 aliphatic carbocycles. The quantitative estimate of drug-likeness (QED) is 0.871. The smallest absolute Gasteiger partial charge is 0.241 e. The maximum absolute atomic E-state index is 12.6. The van der Waals surface area contributed by atoms with Crippen LogP contribution in [0, 0.1) is 11.8 Å². The second-order valence-electron chi connectivity index (χ2n) is 6.57. The Balaban J connectivity index is 1.72. The molecular weight excluding hydrogens is 268 g/mol. The molecule has 1 aromatic rings. The molecule has 2 aliphatic rings. The van der Waals surface area contributed by atoms with E-state index in [1.165, 1.54) is 24.8 Å². The van der Waals surface area contributed by atoms with Gasteiger partial charge in [-0.1, -0.05) is 26.7 Å². The molecule has 2 heterocycles. The Bertz CT molecular complexity index is 453. The van der Waals surface area contributed by atoms with Gasteiger partial charge in [0.15, 0.2) is 0 Å². The van der Waals surface area contributed by atoms with E-state index in [-0.39, 0.29) is 12.2 Å². The van der Waals surface area contributed by atoms with Gasteiger partial charge in [-0.05, 0) is 47.1 Å².